The van der Waals surface area contributed by atoms with Gasteiger partial charge in [-0.1, -0.05) is 35.3 Å². The van der Waals surface area contributed by atoms with Crippen LogP contribution >= 0.6 is 23.2 Å². The van der Waals surface area contributed by atoms with E-state index in [0.29, 0.717) is 44.0 Å². The van der Waals surface area contributed by atoms with Gasteiger partial charge in [-0.2, -0.15) is 5.10 Å². The minimum Gasteiger partial charge on any atom is -0.497 e. The van der Waals surface area contributed by atoms with Gasteiger partial charge in [0.1, 0.15) is 12.4 Å². The molecule has 0 bridgehead atoms. The second-order valence-corrected chi connectivity index (χ2v) is 7.14. The summed E-state index contributed by atoms with van der Waals surface area (Å²) in [5.74, 6) is 1.27. The maximum Gasteiger partial charge on any atom is 0.271 e. The predicted molar refractivity (Wildman–Crippen MR) is 122 cm³/mol. The Bertz CT molecular complexity index is 1080. The smallest absolute Gasteiger partial charge is 0.271 e. The molecule has 3 aromatic rings. The number of amides is 1. The zero-order valence-electron chi connectivity index (χ0n) is 16.9. The van der Waals surface area contributed by atoms with E-state index in [0.717, 1.165) is 0 Å². The Kier molecular flexibility index (Phi) is 7.76. The average Bonchev–Trinajstić information content (AvgIpc) is 2.79. The Balaban J connectivity index is 1.65. The number of halogens is 2. The Morgan fingerprint density at radius 1 is 0.968 bits per heavy atom. The summed E-state index contributed by atoms with van der Waals surface area (Å²) in [6.07, 6.45) is 1.51. The van der Waals surface area contributed by atoms with Crippen molar-refractivity contribution in [3.05, 3.63) is 87.4 Å². The highest BCUT2D eigenvalue weighted by atomic mass is 35.5. The molecule has 3 aromatic carbocycles. The first-order valence-electron chi connectivity index (χ1n) is 9.23. The molecule has 3 rings (SSSR count). The molecule has 0 saturated heterocycles. The molecule has 0 atom stereocenters. The Labute approximate surface area is 190 Å². The third kappa shape index (κ3) is 5.90. The van der Waals surface area contributed by atoms with Gasteiger partial charge in [0.2, 0.25) is 0 Å². The summed E-state index contributed by atoms with van der Waals surface area (Å²) in [4.78, 5) is 12.2. The lowest BCUT2D eigenvalue weighted by Gasteiger charge is -2.13. The van der Waals surface area contributed by atoms with Crippen molar-refractivity contribution < 1.29 is 19.0 Å². The van der Waals surface area contributed by atoms with E-state index in [-0.39, 0.29) is 12.5 Å². The number of nitrogens with one attached hydrogen (secondary N) is 1. The number of hydrazone groups is 1. The minimum atomic E-state index is -0.348. The van der Waals surface area contributed by atoms with Crippen LogP contribution in [0.4, 0.5) is 0 Å². The molecular formula is C23H20Cl2N2O4. The van der Waals surface area contributed by atoms with Gasteiger partial charge in [-0.25, -0.2) is 5.43 Å². The van der Waals surface area contributed by atoms with Crippen LogP contribution in [-0.4, -0.2) is 26.3 Å². The van der Waals surface area contributed by atoms with Gasteiger partial charge < -0.3 is 14.2 Å². The van der Waals surface area contributed by atoms with Gasteiger partial charge in [0.25, 0.3) is 5.91 Å². The largest absolute Gasteiger partial charge is 0.497 e. The fourth-order valence-electron chi connectivity index (χ4n) is 2.70. The summed E-state index contributed by atoms with van der Waals surface area (Å²) in [5, 5.41) is 5.06. The highest BCUT2D eigenvalue weighted by Gasteiger charge is 2.10. The SMILES string of the molecule is COc1cccc(C(=O)N/N=C/c2ccc(OCc3c(Cl)cccc3Cl)c(OC)c2)c1. The molecule has 0 saturated carbocycles. The fraction of sp³-hybridized carbons (Fsp3) is 0.130. The summed E-state index contributed by atoms with van der Waals surface area (Å²) in [6.45, 7) is 0.193. The van der Waals surface area contributed by atoms with Crippen molar-refractivity contribution >= 4 is 35.3 Å². The van der Waals surface area contributed by atoms with E-state index in [1.807, 2.05) is 0 Å². The quantitative estimate of drug-likeness (QED) is 0.364. The number of carbonyl (C=O) groups is 1. The lowest BCUT2D eigenvalue weighted by atomic mass is 10.2. The number of carbonyl (C=O) groups excluding carboxylic acids is 1. The van der Waals surface area contributed by atoms with Crippen molar-refractivity contribution in [3.63, 3.8) is 0 Å². The lowest BCUT2D eigenvalue weighted by Crippen LogP contribution is -2.17. The number of methoxy groups -OCH3 is 2. The second-order valence-electron chi connectivity index (χ2n) is 6.33. The van der Waals surface area contributed by atoms with Crippen molar-refractivity contribution in [1.82, 2.24) is 5.43 Å². The molecule has 0 aromatic heterocycles. The first kappa shape index (κ1) is 22.5. The highest BCUT2D eigenvalue weighted by molar-refractivity contribution is 6.35. The van der Waals surface area contributed by atoms with Gasteiger partial charge in [-0.15, -0.1) is 0 Å². The van der Waals surface area contributed by atoms with Crippen LogP contribution < -0.4 is 19.6 Å². The molecule has 6 nitrogen and oxygen atoms in total. The molecule has 160 valence electrons. The molecule has 0 radical (unpaired) electrons. The van der Waals surface area contributed by atoms with Crippen molar-refractivity contribution in [1.29, 1.82) is 0 Å². The highest BCUT2D eigenvalue weighted by Crippen LogP contribution is 2.31. The summed E-state index contributed by atoms with van der Waals surface area (Å²) in [5.41, 5.74) is 4.33. The molecule has 0 aliphatic heterocycles. The van der Waals surface area contributed by atoms with Gasteiger partial charge in [0.05, 0.1) is 20.4 Å². The first-order chi connectivity index (χ1) is 15.0. The molecule has 1 amide bonds. The van der Waals surface area contributed by atoms with Crippen molar-refractivity contribution in [2.75, 3.05) is 14.2 Å². The average molecular weight is 459 g/mol. The normalized spacial score (nSPS) is 10.7. The first-order valence-corrected chi connectivity index (χ1v) is 9.98. The lowest BCUT2D eigenvalue weighted by molar-refractivity contribution is 0.0955. The van der Waals surface area contributed by atoms with Gasteiger partial charge >= 0.3 is 0 Å². The van der Waals surface area contributed by atoms with Crippen LogP contribution in [-0.2, 0) is 6.61 Å². The zero-order valence-corrected chi connectivity index (χ0v) is 18.4. The minimum absolute atomic E-state index is 0.193. The third-order valence-corrected chi connectivity index (χ3v) is 5.04. The van der Waals surface area contributed by atoms with E-state index in [9.17, 15) is 4.79 Å². The van der Waals surface area contributed by atoms with Crippen molar-refractivity contribution in [2.45, 2.75) is 6.61 Å². The molecular weight excluding hydrogens is 439 g/mol. The van der Waals surface area contributed by atoms with Gasteiger partial charge in [0, 0.05) is 21.2 Å². The maximum atomic E-state index is 12.2. The third-order valence-electron chi connectivity index (χ3n) is 4.33. The van der Waals surface area contributed by atoms with Crippen molar-refractivity contribution in [2.24, 2.45) is 5.10 Å². The van der Waals surface area contributed by atoms with E-state index >= 15 is 0 Å². The van der Waals surface area contributed by atoms with Crippen LogP contribution in [0.5, 0.6) is 17.2 Å². The van der Waals surface area contributed by atoms with Crippen LogP contribution in [0.15, 0.2) is 65.8 Å². The Morgan fingerprint density at radius 3 is 2.42 bits per heavy atom. The van der Waals surface area contributed by atoms with Crippen LogP contribution in [0, 0.1) is 0 Å². The van der Waals surface area contributed by atoms with E-state index in [2.05, 4.69) is 10.5 Å². The van der Waals surface area contributed by atoms with Gasteiger partial charge in [0.15, 0.2) is 11.5 Å². The molecule has 0 aliphatic rings. The number of benzene rings is 3. The standard InChI is InChI=1S/C23H20Cl2N2O4/c1-29-17-6-3-5-16(12-17)23(28)27-26-13-15-9-10-21(22(11-15)30-2)31-14-18-19(24)7-4-8-20(18)25/h3-13H,14H2,1-2H3,(H,27,28)/b26-13+. The summed E-state index contributed by atoms with van der Waals surface area (Å²) in [6, 6.07) is 17.3. The molecule has 0 spiro atoms. The Hall–Kier alpha value is -3.22. The van der Waals surface area contributed by atoms with Gasteiger partial charge in [-0.3, -0.25) is 4.79 Å². The van der Waals surface area contributed by atoms with Crippen LogP contribution in [0.1, 0.15) is 21.5 Å². The van der Waals surface area contributed by atoms with Crippen LogP contribution in [0.25, 0.3) is 0 Å². The molecule has 8 heteroatoms. The van der Waals surface area contributed by atoms with Gasteiger partial charge in [-0.05, 0) is 54.1 Å². The zero-order chi connectivity index (χ0) is 22.2. The molecule has 0 unspecified atom stereocenters. The number of hydrogen-bond acceptors (Lipinski definition) is 5. The number of rotatable bonds is 8. The topological polar surface area (TPSA) is 69.2 Å². The van der Waals surface area contributed by atoms with Crippen molar-refractivity contribution in [3.8, 4) is 17.2 Å². The number of nitrogens with zero attached hydrogens (tertiary/aromatic N) is 1. The number of ether oxygens (including phenoxy) is 3. The van der Waals surface area contributed by atoms with E-state index in [4.69, 9.17) is 37.4 Å². The summed E-state index contributed by atoms with van der Waals surface area (Å²) in [7, 11) is 3.08. The predicted octanol–water partition coefficient (Wildman–Crippen LogP) is 5.35. The molecule has 0 fully saturated rings. The van der Waals surface area contributed by atoms with Crippen LogP contribution in [0.3, 0.4) is 0 Å². The maximum absolute atomic E-state index is 12.2. The molecule has 0 aliphatic carbocycles. The monoisotopic (exact) mass is 458 g/mol. The van der Waals surface area contributed by atoms with E-state index in [1.165, 1.54) is 13.3 Å². The molecule has 1 N–H and O–H groups in total. The molecule has 0 heterocycles. The fourth-order valence-corrected chi connectivity index (χ4v) is 3.20. The summed E-state index contributed by atoms with van der Waals surface area (Å²) >= 11 is 12.4. The van der Waals surface area contributed by atoms with E-state index < -0.39 is 0 Å². The number of hydrogen-bond donors (Lipinski definition) is 1. The van der Waals surface area contributed by atoms with Crippen LogP contribution in [0.2, 0.25) is 10.0 Å². The Morgan fingerprint density at radius 2 is 1.71 bits per heavy atom. The summed E-state index contributed by atoms with van der Waals surface area (Å²) < 4.78 is 16.4. The molecule has 31 heavy (non-hydrogen) atoms. The van der Waals surface area contributed by atoms with E-state index in [1.54, 1.807) is 67.8 Å². The second kappa shape index (κ2) is 10.7.